The summed E-state index contributed by atoms with van der Waals surface area (Å²) in [4.78, 5) is 12.0. The Kier molecular flexibility index (Phi) is 2.72. The van der Waals surface area contributed by atoms with Crippen LogP contribution in [0, 0.1) is 0 Å². The molecule has 3 N–H and O–H groups in total. The van der Waals surface area contributed by atoms with Gasteiger partial charge in [0.1, 0.15) is 6.04 Å². The van der Waals surface area contributed by atoms with Crippen LogP contribution >= 0.6 is 0 Å². The van der Waals surface area contributed by atoms with Crippen molar-refractivity contribution >= 4 is 11.6 Å². The second-order valence-electron chi connectivity index (χ2n) is 4.38. The van der Waals surface area contributed by atoms with Gasteiger partial charge in [-0.05, 0) is 11.6 Å². The van der Waals surface area contributed by atoms with Gasteiger partial charge in [-0.25, -0.2) is 0 Å². The molecule has 2 aromatic rings. The SMILES string of the molecule is O=C(NCc1cn[nH]c1)C1Cc2ccccc2N1. The molecule has 1 aliphatic rings. The molecule has 0 fully saturated rings. The van der Waals surface area contributed by atoms with Gasteiger partial charge >= 0.3 is 0 Å². The summed E-state index contributed by atoms with van der Waals surface area (Å²) >= 11 is 0. The number of amides is 1. The fourth-order valence-corrected chi connectivity index (χ4v) is 2.14. The van der Waals surface area contributed by atoms with E-state index in [1.807, 2.05) is 24.3 Å². The summed E-state index contributed by atoms with van der Waals surface area (Å²) < 4.78 is 0. The standard InChI is InChI=1S/C13H14N4O/c18-13(14-6-9-7-15-16-8-9)12-5-10-3-1-2-4-11(10)17-12/h1-4,7-8,12,17H,5-6H2,(H,14,18)(H,15,16). The van der Waals surface area contributed by atoms with Crippen LogP contribution in [0.4, 0.5) is 5.69 Å². The van der Waals surface area contributed by atoms with Gasteiger partial charge in [0, 0.05) is 30.4 Å². The number of anilines is 1. The minimum Gasteiger partial charge on any atom is -0.373 e. The maximum Gasteiger partial charge on any atom is 0.243 e. The molecular weight excluding hydrogens is 228 g/mol. The molecule has 1 aliphatic heterocycles. The molecule has 1 atom stereocenters. The van der Waals surface area contributed by atoms with Crippen LogP contribution in [-0.4, -0.2) is 22.1 Å². The Hall–Kier alpha value is -2.30. The third-order valence-electron chi connectivity index (χ3n) is 3.11. The second-order valence-corrected chi connectivity index (χ2v) is 4.38. The van der Waals surface area contributed by atoms with E-state index >= 15 is 0 Å². The van der Waals surface area contributed by atoms with Gasteiger partial charge in [0.2, 0.25) is 5.91 Å². The molecule has 1 aromatic heterocycles. The summed E-state index contributed by atoms with van der Waals surface area (Å²) in [6.07, 6.45) is 4.22. The highest BCUT2D eigenvalue weighted by Gasteiger charge is 2.25. The summed E-state index contributed by atoms with van der Waals surface area (Å²) in [6, 6.07) is 7.84. The molecule has 1 amide bonds. The normalized spacial score (nSPS) is 17.0. The maximum absolute atomic E-state index is 12.0. The van der Waals surface area contributed by atoms with Crippen LogP contribution in [0.1, 0.15) is 11.1 Å². The number of fused-ring (bicyclic) bond motifs is 1. The molecule has 18 heavy (non-hydrogen) atoms. The maximum atomic E-state index is 12.0. The van der Waals surface area contributed by atoms with Gasteiger partial charge in [-0.15, -0.1) is 0 Å². The van der Waals surface area contributed by atoms with Gasteiger partial charge < -0.3 is 10.6 Å². The zero-order valence-electron chi connectivity index (χ0n) is 9.81. The second kappa shape index (κ2) is 4.52. The Morgan fingerprint density at radius 2 is 2.33 bits per heavy atom. The summed E-state index contributed by atoms with van der Waals surface area (Å²) in [5, 5.41) is 12.7. The van der Waals surface area contributed by atoms with Crippen molar-refractivity contribution in [3.8, 4) is 0 Å². The lowest BCUT2D eigenvalue weighted by atomic mass is 10.1. The molecule has 0 spiro atoms. The van der Waals surface area contributed by atoms with E-state index in [2.05, 4.69) is 20.8 Å². The van der Waals surface area contributed by atoms with E-state index < -0.39 is 0 Å². The predicted octanol–water partition coefficient (Wildman–Crippen LogP) is 1.06. The molecule has 5 heteroatoms. The molecule has 0 saturated heterocycles. The number of aromatic nitrogens is 2. The van der Waals surface area contributed by atoms with Crippen molar-refractivity contribution in [2.75, 3.05) is 5.32 Å². The van der Waals surface area contributed by atoms with Crippen molar-refractivity contribution in [2.45, 2.75) is 19.0 Å². The van der Waals surface area contributed by atoms with E-state index in [9.17, 15) is 4.79 Å². The Morgan fingerprint density at radius 1 is 1.44 bits per heavy atom. The minimum absolute atomic E-state index is 0.0207. The average molecular weight is 242 g/mol. The number of nitrogens with zero attached hydrogens (tertiary/aromatic N) is 1. The third kappa shape index (κ3) is 2.07. The summed E-state index contributed by atoms with van der Waals surface area (Å²) in [7, 11) is 0. The van der Waals surface area contributed by atoms with Crippen molar-refractivity contribution in [2.24, 2.45) is 0 Å². The van der Waals surface area contributed by atoms with Gasteiger partial charge in [0.05, 0.1) is 6.20 Å². The molecule has 0 saturated carbocycles. The largest absolute Gasteiger partial charge is 0.373 e. The highest BCUT2D eigenvalue weighted by molar-refractivity contribution is 5.87. The van der Waals surface area contributed by atoms with Crippen LogP contribution in [0.3, 0.4) is 0 Å². The number of hydrogen-bond acceptors (Lipinski definition) is 3. The Bertz CT molecular complexity index is 525. The van der Waals surface area contributed by atoms with Crippen molar-refractivity contribution in [1.82, 2.24) is 15.5 Å². The third-order valence-corrected chi connectivity index (χ3v) is 3.11. The van der Waals surface area contributed by atoms with Crippen molar-refractivity contribution in [3.05, 3.63) is 47.8 Å². The Morgan fingerprint density at radius 3 is 3.11 bits per heavy atom. The van der Waals surface area contributed by atoms with Crippen LogP contribution in [-0.2, 0) is 17.8 Å². The predicted molar refractivity (Wildman–Crippen MR) is 68.0 cm³/mol. The van der Waals surface area contributed by atoms with E-state index in [1.54, 1.807) is 12.4 Å². The first-order valence-electron chi connectivity index (χ1n) is 5.93. The molecule has 92 valence electrons. The van der Waals surface area contributed by atoms with Crippen LogP contribution in [0.15, 0.2) is 36.7 Å². The topological polar surface area (TPSA) is 69.8 Å². The molecule has 0 radical (unpaired) electrons. The number of hydrogen-bond donors (Lipinski definition) is 3. The van der Waals surface area contributed by atoms with Gasteiger partial charge in [0.25, 0.3) is 0 Å². The monoisotopic (exact) mass is 242 g/mol. The van der Waals surface area contributed by atoms with Crippen LogP contribution in [0.25, 0.3) is 0 Å². The van der Waals surface area contributed by atoms with E-state index in [0.29, 0.717) is 6.54 Å². The van der Waals surface area contributed by atoms with Crippen molar-refractivity contribution in [3.63, 3.8) is 0 Å². The van der Waals surface area contributed by atoms with Crippen molar-refractivity contribution in [1.29, 1.82) is 0 Å². The number of nitrogens with one attached hydrogen (secondary N) is 3. The zero-order valence-corrected chi connectivity index (χ0v) is 9.81. The number of rotatable bonds is 3. The van der Waals surface area contributed by atoms with Crippen LogP contribution in [0.5, 0.6) is 0 Å². The fourth-order valence-electron chi connectivity index (χ4n) is 2.14. The molecular formula is C13H14N4O. The Labute approximate surface area is 105 Å². The lowest BCUT2D eigenvalue weighted by Crippen LogP contribution is -2.37. The number of carbonyl (C=O) groups is 1. The highest BCUT2D eigenvalue weighted by atomic mass is 16.2. The first-order chi connectivity index (χ1) is 8.83. The summed E-state index contributed by atoms with van der Waals surface area (Å²) in [5.74, 6) is 0.0207. The lowest BCUT2D eigenvalue weighted by Gasteiger charge is -2.11. The fraction of sp³-hybridized carbons (Fsp3) is 0.231. The van der Waals surface area contributed by atoms with E-state index in [0.717, 1.165) is 17.7 Å². The van der Waals surface area contributed by atoms with Crippen LogP contribution in [0.2, 0.25) is 0 Å². The summed E-state index contributed by atoms with van der Waals surface area (Å²) in [5.41, 5.74) is 3.22. The van der Waals surface area contributed by atoms with E-state index in [-0.39, 0.29) is 11.9 Å². The number of H-pyrrole nitrogens is 1. The number of benzene rings is 1. The van der Waals surface area contributed by atoms with E-state index in [1.165, 1.54) is 5.56 Å². The van der Waals surface area contributed by atoms with E-state index in [4.69, 9.17) is 0 Å². The van der Waals surface area contributed by atoms with Crippen molar-refractivity contribution < 1.29 is 4.79 Å². The number of para-hydroxylation sites is 1. The minimum atomic E-state index is -0.172. The average Bonchev–Trinajstić information content (AvgIpc) is 3.04. The number of carbonyl (C=O) groups excluding carboxylic acids is 1. The quantitative estimate of drug-likeness (QED) is 0.754. The summed E-state index contributed by atoms with van der Waals surface area (Å²) in [6.45, 7) is 0.504. The van der Waals surface area contributed by atoms with Gasteiger partial charge in [0.15, 0.2) is 0 Å². The van der Waals surface area contributed by atoms with Gasteiger partial charge in [-0.3, -0.25) is 9.89 Å². The zero-order chi connectivity index (χ0) is 12.4. The lowest BCUT2D eigenvalue weighted by molar-refractivity contribution is -0.121. The molecule has 5 nitrogen and oxygen atoms in total. The molecule has 0 aliphatic carbocycles. The van der Waals surface area contributed by atoms with Gasteiger partial charge in [-0.2, -0.15) is 5.10 Å². The Balaban J connectivity index is 1.59. The molecule has 0 bridgehead atoms. The molecule has 1 aromatic carbocycles. The van der Waals surface area contributed by atoms with Crippen LogP contribution < -0.4 is 10.6 Å². The molecule has 2 heterocycles. The number of aromatic amines is 1. The molecule has 1 unspecified atom stereocenters. The smallest absolute Gasteiger partial charge is 0.243 e. The first-order valence-corrected chi connectivity index (χ1v) is 5.93. The highest BCUT2D eigenvalue weighted by Crippen LogP contribution is 2.25. The van der Waals surface area contributed by atoms with Gasteiger partial charge in [-0.1, -0.05) is 18.2 Å². The first kappa shape index (κ1) is 10.8. The molecule has 3 rings (SSSR count).